The first-order chi connectivity index (χ1) is 10.8. The second-order valence-corrected chi connectivity index (χ2v) is 5.10. The molecule has 0 aliphatic rings. The van der Waals surface area contributed by atoms with Crippen LogP contribution in [0.5, 0.6) is 0 Å². The largest absolute Gasteiger partial charge is 0.416 e. The minimum Gasteiger partial charge on any atom is -0.352 e. The van der Waals surface area contributed by atoms with E-state index in [1.54, 1.807) is 0 Å². The fourth-order valence-electron chi connectivity index (χ4n) is 1.81. The molecule has 1 heterocycles. The Morgan fingerprint density at radius 2 is 2.13 bits per heavy atom. The molecular weight excluding hydrogens is 311 g/mol. The van der Waals surface area contributed by atoms with E-state index in [9.17, 15) is 18.0 Å². The summed E-state index contributed by atoms with van der Waals surface area (Å²) in [6, 6.07) is 4.66. The summed E-state index contributed by atoms with van der Waals surface area (Å²) in [5.74, 6) is -0.250. The van der Waals surface area contributed by atoms with Gasteiger partial charge in [-0.25, -0.2) is 0 Å². The molecule has 1 atom stereocenters. The molecule has 1 aromatic heterocycles. The Morgan fingerprint density at radius 1 is 1.39 bits per heavy atom. The third-order valence-corrected chi connectivity index (χ3v) is 3.21. The zero-order chi connectivity index (χ0) is 17.0. The quantitative estimate of drug-likeness (QED) is 0.914. The van der Waals surface area contributed by atoms with Gasteiger partial charge in [-0.05, 0) is 30.7 Å². The van der Waals surface area contributed by atoms with Crippen molar-refractivity contribution in [3.63, 3.8) is 0 Å². The van der Waals surface area contributed by atoms with Crippen LogP contribution in [0, 0.1) is 0 Å². The normalized spacial score (nSPS) is 12.9. The van der Waals surface area contributed by atoms with E-state index in [1.807, 2.05) is 13.8 Å². The molecule has 1 amide bonds. The van der Waals surface area contributed by atoms with Crippen LogP contribution in [-0.4, -0.2) is 32.2 Å². The number of benzene rings is 1. The van der Waals surface area contributed by atoms with Crippen LogP contribution in [0.3, 0.4) is 0 Å². The molecule has 0 radical (unpaired) electrons. The zero-order valence-electron chi connectivity index (χ0n) is 12.6. The smallest absolute Gasteiger partial charge is 0.352 e. The average Bonchev–Trinajstić information content (AvgIpc) is 2.94. The minimum atomic E-state index is -4.44. The van der Waals surface area contributed by atoms with E-state index in [4.69, 9.17) is 0 Å². The first-order valence-electron chi connectivity index (χ1n) is 7.04. The van der Waals surface area contributed by atoms with E-state index < -0.39 is 11.7 Å². The van der Waals surface area contributed by atoms with Crippen LogP contribution in [-0.2, 0) is 17.5 Å². The molecular formula is C14H16F3N5O. The van der Waals surface area contributed by atoms with Crippen LogP contribution in [0.15, 0.2) is 24.3 Å². The van der Waals surface area contributed by atoms with Gasteiger partial charge in [0, 0.05) is 11.6 Å². The third kappa shape index (κ3) is 4.51. The molecule has 2 aromatic rings. The maximum absolute atomic E-state index is 12.7. The van der Waals surface area contributed by atoms with Crippen LogP contribution < -0.4 is 5.32 Å². The lowest BCUT2D eigenvalue weighted by Gasteiger charge is -2.10. The number of amides is 1. The Balaban J connectivity index is 2.12. The van der Waals surface area contributed by atoms with Crippen LogP contribution in [0.4, 0.5) is 13.2 Å². The predicted molar refractivity (Wildman–Crippen MR) is 76.2 cm³/mol. The Kier molecular flexibility index (Phi) is 4.97. The molecule has 6 nitrogen and oxygen atoms in total. The van der Waals surface area contributed by atoms with Crippen molar-refractivity contribution in [1.82, 2.24) is 25.5 Å². The Labute approximate surface area is 130 Å². The molecule has 0 saturated carbocycles. The first kappa shape index (κ1) is 16.9. The van der Waals surface area contributed by atoms with Gasteiger partial charge >= 0.3 is 6.18 Å². The van der Waals surface area contributed by atoms with Gasteiger partial charge in [-0.2, -0.15) is 18.0 Å². The van der Waals surface area contributed by atoms with Crippen molar-refractivity contribution in [2.24, 2.45) is 0 Å². The summed E-state index contributed by atoms with van der Waals surface area (Å²) in [4.78, 5) is 12.8. The molecule has 0 aliphatic heterocycles. The number of nitrogens with one attached hydrogen (secondary N) is 1. The van der Waals surface area contributed by atoms with Gasteiger partial charge in [-0.15, -0.1) is 10.2 Å². The predicted octanol–water partition coefficient (Wildman–Crippen LogP) is 2.27. The number of aromatic nitrogens is 4. The van der Waals surface area contributed by atoms with Crippen molar-refractivity contribution >= 4 is 5.91 Å². The number of rotatable bonds is 5. The number of carbonyl (C=O) groups is 1. The summed E-state index contributed by atoms with van der Waals surface area (Å²) in [6.45, 7) is 3.65. The van der Waals surface area contributed by atoms with Crippen molar-refractivity contribution in [2.45, 2.75) is 39.0 Å². The van der Waals surface area contributed by atoms with E-state index in [1.165, 1.54) is 12.1 Å². The third-order valence-electron chi connectivity index (χ3n) is 3.21. The van der Waals surface area contributed by atoms with Gasteiger partial charge in [0.2, 0.25) is 11.7 Å². The minimum absolute atomic E-state index is 0.0222. The lowest BCUT2D eigenvalue weighted by atomic mass is 10.1. The van der Waals surface area contributed by atoms with Gasteiger partial charge in [0.1, 0.15) is 6.54 Å². The summed E-state index contributed by atoms with van der Waals surface area (Å²) in [6.07, 6.45) is -3.66. The van der Waals surface area contributed by atoms with Crippen LogP contribution >= 0.6 is 0 Å². The SMILES string of the molecule is CC[C@@H](C)NC(=O)Cn1nnc(-c2cccc(C(F)(F)F)c2)n1. The molecule has 0 spiro atoms. The number of hydrogen-bond acceptors (Lipinski definition) is 4. The fraction of sp³-hybridized carbons (Fsp3) is 0.429. The van der Waals surface area contributed by atoms with Crippen molar-refractivity contribution in [2.75, 3.05) is 0 Å². The summed E-state index contributed by atoms with van der Waals surface area (Å²) in [7, 11) is 0. The monoisotopic (exact) mass is 327 g/mol. The highest BCUT2D eigenvalue weighted by Gasteiger charge is 2.30. The van der Waals surface area contributed by atoms with Crippen molar-refractivity contribution in [3.8, 4) is 11.4 Å². The summed E-state index contributed by atoms with van der Waals surface area (Å²) >= 11 is 0. The van der Waals surface area contributed by atoms with Crippen molar-refractivity contribution in [1.29, 1.82) is 0 Å². The molecule has 0 fully saturated rings. The molecule has 0 saturated heterocycles. The maximum atomic E-state index is 12.7. The van der Waals surface area contributed by atoms with E-state index in [2.05, 4.69) is 20.7 Å². The Morgan fingerprint density at radius 3 is 2.78 bits per heavy atom. The number of alkyl halides is 3. The molecule has 2 rings (SSSR count). The fourth-order valence-corrected chi connectivity index (χ4v) is 1.81. The second kappa shape index (κ2) is 6.76. The number of halogens is 3. The molecule has 0 unspecified atom stereocenters. The summed E-state index contributed by atoms with van der Waals surface area (Å²) in [5.41, 5.74) is -0.603. The lowest BCUT2D eigenvalue weighted by Crippen LogP contribution is -2.35. The Bertz CT molecular complexity index is 683. The highest BCUT2D eigenvalue weighted by Crippen LogP contribution is 2.31. The van der Waals surface area contributed by atoms with Crippen LogP contribution in [0.25, 0.3) is 11.4 Å². The summed E-state index contributed by atoms with van der Waals surface area (Å²) < 4.78 is 38.1. The standard InChI is InChI=1S/C14H16F3N5O/c1-3-9(2)18-12(23)8-22-20-13(19-21-22)10-5-4-6-11(7-10)14(15,16)17/h4-7,9H,3,8H2,1-2H3,(H,18,23)/t9-/m1/s1. The van der Waals surface area contributed by atoms with E-state index in [0.717, 1.165) is 23.4 Å². The van der Waals surface area contributed by atoms with Gasteiger partial charge in [0.25, 0.3) is 0 Å². The van der Waals surface area contributed by atoms with Gasteiger partial charge in [0.05, 0.1) is 5.56 Å². The summed E-state index contributed by atoms with van der Waals surface area (Å²) in [5, 5.41) is 14.1. The van der Waals surface area contributed by atoms with Crippen molar-refractivity contribution in [3.05, 3.63) is 29.8 Å². The highest BCUT2D eigenvalue weighted by molar-refractivity contribution is 5.75. The average molecular weight is 327 g/mol. The van der Waals surface area contributed by atoms with Gasteiger partial charge in [-0.1, -0.05) is 19.1 Å². The number of carbonyl (C=O) groups excluding carboxylic acids is 1. The molecule has 0 bridgehead atoms. The first-order valence-corrected chi connectivity index (χ1v) is 7.04. The topological polar surface area (TPSA) is 72.7 Å². The van der Waals surface area contributed by atoms with E-state index in [0.29, 0.717) is 0 Å². The number of nitrogens with zero attached hydrogens (tertiary/aromatic N) is 4. The number of tetrazole rings is 1. The van der Waals surface area contributed by atoms with Crippen LogP contribution in [0.1, 0.15) is 25.8 Å². The van der Waals surface area contributed by atoms with E-state index >= 15 is 0 Å². The molecule has 1 aromatic carbocycles. The highest BCUT2D eigenvalue weighted by atomic mass is 19.4. The van der Waals surface area contributed by atoms with E-state index in [-0.39, 0.29) is 29.9 Å². The molecule has 124 valence electrons. The molecule has 0 aliphatic carbocycles. The Hall–Kier alpha value is -2.45. The lowest BCUT2D eigenvalue weighted by molar-refractivity contribution is -0.137. The molecule has 9 heteroatoms. The van der Waals surface area contributed by atoms with Gasteiger partial charge in [-0.3, -0.25) is 4.79 Å². The zero-order valence-corrected chi connectivity index (χ0v) is 12.6. The number of hydrogen-bond donors (Lipinski definition) is 1. The van der Waals surface area contributed by atoms with Crippen molar-refractivity contribution < 1.29 is 18.0 Å². The maximum Gasteiger partial charge on any atom is 0.416 e. The van der Waals surface area contributed by atoms with Gasteiger partial charge < -0.3 is 5.32 Å². The van der Waals surface area contributed by atoms with Gasteiger partial charge in [0.15, 0.2) is 0 Å². The second-order valence-electron chi connectivity index (χ2n) is 5.10. The molecule has 1 N–H and O–H groups in total. The van der Waals surface area contributed by atoms with Crippen LogP contribution in [0.2, 0.25) is 0 Å². The molecule has 23 heavy (non-hydrogen) atoms.